The molecule has 0 saturated heterocycles. The molecule has 0 unspecified atom stereocenters. The molecular formula is C13H13N7S. The number of nitrogens with two attached hydrogens (primary N) is 3. The van der Waals surface area contributed by atoms with Crippen LogP contribution in [0.5, 0.6) is 0 Å². The Labute approximate surface area is 124 Å². The first kappa shape index (κ1) is 13.1. The zero-order valence-electron chi connectivity index (χ0n) is 11.0. The molecule has 106 valence electrons. The number of anilines is 1. The van der Waals surface area contributed by atoms with E-state index in [-0.39, 0.29) is 5.96 Å². The van der Waals surface area contributed by atoms with Crippen molar-refractivity contribution in [3.8, 4) is 11.3 Å². The number of hydrogen-bond donors (Lipinski definition) is 3. The summed E-state index contributed by atoms with van der Waals surface area (Å²) in [7, 11) is 0. The van der Waals surface area contributed by atoms with Gasteiger partial charge in [-0.15, -0.1) is 16.4 Å². The number of imidazole rings is 1. The third-order valence-corrected chi connectivity index (χ3v) is 3.59. The van der Waals surface area contributed by atoms with Gasteiger partial charge in [-0.05, 0) is 12.1 Å². The van der Waals surface area contributed by atoms with Crippen molar-refractivity contribution in [1.29, 1.82) is 0 Å². The summed E-state index contributed by atoms with van der Waals surface area (Å²) in [6, 6.07) is 7.50. The Morgan fingerprint density at radius 2 is 2.00 bits per heavy atom. The topological polar surface area (TPSA) is 120 Å². The highest BCUT2D eigenvalue weighted by Gasteiger charge is 2.13. The van der Waals surface area contributed by atoms with Crippen LogP contribution in [0.2, 0.25) is 0 Å². The molecule has 8 heteroatoms. The van der Waals surface area contributed by atoms with Gasteiger partial charge in [0.25, 0.3) is 0 Å². The zero-order chi connectivity index (χ0) is 14.8. The van der Waals surface area contributed by atoms with E-state index in [0.717, 1.165) is 21.9 Å². The van der Waals surface area contributed by atoms with Crippen molar-refractivity contribution < 1.29 is 0 Å². The van der Waals surface area contributed by atoms with Crippen LogP contribution in [0.4, 0.5) is 5.69 Å². The van der Waals surface area contributed by atoms with E-state index >= 15 is 0 Å². The summed E-state index contributed by atoms with van der Waals surface area (Å²) < 4.78 is 1.93. The van der Waals surface area contributed by atoms with Crippen LogP contribution >= 0.6 is 11.3 Å². The van der Waals surface area contributed by atoms with E-state index in [1.807, 2.05) is 40.2 Å². The van der Waals surface area contributed by atoms with Crippen LogP contribution in [0.1, 0.15) is 5.69 Å². The molecule has 3 rings (SSSR count). The van der Waals surface area contributed by atoms with Crippen LogP contribution in [-0.2, 0) is 0 Å². The molecule has 2 aromatic heterocycles. The van der Waals surface area contributed by atoms with Gasteiger partial charge in [0.15, 0.2) is 4.96 Å². The molecule has 0 bridgehead atoms. The van der Waals surface area contributed by atoms with Crippen LogP contribution in [0.25, 0.3) is 16.2 Å². The molecule has 21 heavy (non-hydrogen) atoms. The Morgan fingerprint density at radius 3 is 2.71 bits per heavy atom. The van der Waals surface area contributed by atoms with Crippen molar-refractivity contribution in [2.24, 2.45) is 21.7 Å². The van der Waals surface area contributed by atoms with Crippen molar-refractivity contribution in [2.45, 2.75) is 0 Å². The van der Waals surface area contributed by atoms with E-state index in [9.17, 15) is 0 Å². The molecule has 1 aromatic carbocycles. The molecule has 2 heterocycles. The summed E-state index contributed by atoms with van der Waals surface area (Å²) in [5.41, 5.74) is 19.5. The summed E-state index contributed by atoms with van der Waals surface area (Å²) in [5.74, 6) is -0.0913. The van der Waals surface area contributed by atoms with Gasteiger partial charge in [-0.3, -0.25) is 4.40 Å². The molecule has 0 aliphatic rings. The second-order valence-electron chi connectivity index (χ2n) is 4.29. The molecule has 0 radical (unpaired) electrons. The molecule has 3 aromatic rings. The second kappa shape index (κ2) is 5.25. The number of nitrogen functional groups attached to an aromatic ring is 1. The Balaban J connectivity index is 2.13. The minimum atomic E-state index is -0.0913. The van der Waals surface area contributed by atoms with Crippen molar-refractivity contribution in [3.05, 3.63) is 41.5 Å². The van der Waals surface area contributed by atoms with E-state index in [1.165, 1.54) is 0 Å². The summed E-state index contributed by atoms with van der Waals surface area (Å²) in [6.45, 7) is 0. The predicted molar refractivity (Wildman–Crippen MR) is 86.3 cm³/mol. The van der Waals surface area contributed by atoms with Gasteiger partial charge in [-0.2, -0.15) is 5.10 Å². The van der Waals surface area contributed by atoms with Crippen molar-refractivity contribution in [1.82, 2.24) is 9.38 Å². The maximum Gasteiger partial charge on any atom is 0.211 e. The monoisotopic (exact) mass is 299 g/mol. The van der Waals surface area contributed by atoms with E-state index < -0.39 is 0 Å². The number of hydrogen-bond acceptors (Lipinski definition) is 5. The number of thiazole rings is 1. The van der Waals surface area contributed by atoms with Crippen LogP contribution in [0, 0.1) is 0 Å². The van der Waals surface area contributed by atoms with Gasteiger partial charge >= 0.3 is 0 Å². The van der Waals surface area contributed by atoms with Crippen LogP contribution in [0.3, 0.4) is 0 Å². The molecule has 7 nitrogen and oxygen atoms in total. The fourth-order valence-electron chi connectivity index (χ4n) is 1.93. The number of rotatable bonds is 3. The van der Waals surface area contributed by atoms with Crippen molar-refractivity contribution >= 4 is 34.2 Å². The smallest absolute Gasteiger partial charge is 0.211 e. The quantitative estimate of drug-likeness (QED) is 0.292. The molecule has 0 aliphatic carbocycles. The number of aromatic nitrogens is 2. The van der Waals surface area contributed by atoms with E-state index in [4.69, 9.17) is 17.2 Å². The second-order valence-corrected chi connectivity index (χ2v) is 5.17. The number of fused-ring (bicyclic) bond motifs is 1. The molecule has 0 amide bonds. The molecule has 0 atom stereocenters. The van der Waals surface area contributed by atoms with Gasteiger partial charge in [0, 0.05) is 22.8 Å². The molecule has 6 N–H and O–H groups in total. The lowest BCUT2D eigenvalue weighted by atomic mass is 10.1. The fraction of sp³-hybridized carbons (Fsp3) is 0. The number of guanidine groups is 1. The summed E-state index contributed by atoms with van der Waals surface area (Å²) >= 11 is 1.54. The Hall–Kier alpha value is -2.87. The van der Waals surface area contributed by atoms with Crippen molar-refractivity contribution in [2.75, 3.05) is 5.73 Å². The van der Waals surface area contributed by atoms with Gasteiger partial charge < -0.3 is 17.2 Å². The molecule has 0 aliphatic heterocycles. The van der Waals surface area contributed by atoms with E-state index in [2.05, 4.69) is 15.2 Å². The standard InChI is InChI=1S/C13H13N7S/c14-9-3-1-8(2-4-9)11-10(7-17-19-12(15)16)20-5-6-21-13(20)18-11/h1-7H,14H2,(H4,15,16,19). The number of nitrogens with zero attached hydrogens (tertiary/aromatic N) is 4. The van der Waals surface area contributed by atoms with Crippen LogP contribution in [0.15, 0.2) is 46.0 Å². The first-order valence-electron chi connectivity index (χ1n) is 6.08. The maximum absolute atomic E-state index is 5.72. The van der Waals surface area contributed by atoms with Gasteiger partial charge in [-0.25, -0.2) is 4.98 Å². The predicted octanol–water partition coefficient (Wildman–Crippen LogP) is 1.25. The first-order valence-corrected chi connectivity index (χ1v) is 6.96. The third kappa shape index (κ3) is 2.56. The fourth-order valence-corrected chi connectivity index (χ4v) is 2.65. The van der Waals surface area contributed by atoms with Crippen LogP contribution < -0.4 is 17.2 Å². The average Bonchev–Trinajstić information content (AvgIpc) is 3.01. The first-order chi connectivity index (χ1) is 10.1. The van der Waals surface area contributed by atoms with E-state index in [0.29, 0.717) is 5.69 Å². The SMILES string of the molecule is NC(N)=NN=Cc1c(-c2ccc(N)cc2)nc2sccn12. The Bertz CT molecular complexity index is 822. The average molecular weight is 299 g/mol. The lowest BCUT2D eigenvalue weighted by Gasteiger charge is -2.00. The summed E-state index contributed by atoms with van der Waals surface area (Å²) in [4.78, 5) is 5.48. The highest BCUT2D eigenvalue weighted by molar-refractivity contribution is 7.15. The summed E-state index contributed by atoms with van der Waals surface area (Å²) in [6.07, 6.45) is 3.50. The van der Waals surface area contributed by atoms with Gasteiger partial charge in [-0.1, -0.05) is 12.1 Å². The number of benzene rings is 1. The largest absolute Gasteiger partial charge is 0.399 e. The van der Waals surface area contributed by atoms with Crippen molar-refractivity contribution in [3.63, 3.8) is 0 Å². The zero-order valence-corrected chi connectivity index (χ0v) is 11.8. The molecule has 0 fully saturated rings. The highest BCUT2D eigenvalue weighted by atomic mass is 32.1. The highest BCUT2D eigenvalue weighted by Crippen LogP contribution is 2.26. The van der Waals surface area contributed by atoms with Gasteiger partial charge in [0.2, 0.25) is 5.96 Å². The van der Waals surface area contributed by atoms with Gasteiger partial charge in [0.1, 0.15) is 0 Å². The summed E-state index contributed by atoms with van der Waals surface area (Å²) in [5, 5.41) is 9.45. The Morgan fingerprint density at radius 1 is 1.24 bits per heavy atom. The molecule has 0 spiro atoms. The minimum Gasteiger partial charge on any atom is -0.399 e. The lowest BCUT2D eigenvalue weighted by molar-refractivity contribution is 1.18. The third-order valence-electron chi connectivity index (χ3n) is 2.84. The molecular weight excluding hydrogens is 286 g/mol. The van der Waals surface area contributed by atoms with E-state index in [1.54, 1.807) is 17.6 Å². The van der Waals surface area contributed by atoms with Gasteiger partial charge in [0.05, 0.1) is 17.6 Å². The van der Waals surface area contributed by atoms with Crippen LogP contribution in [-0.4, -0.2) is 21.6 Å². The lowest BCUT2D eigenvalue weighted by Crippen LogP contribution is -2.21. The molecule has 0 saturated carbocycles. The normalized spacial score (nSPS) is 11.2. The minimum absolute atomic E-state index is 0.0913. The Kier molecular flexibility index (Phi) is 3.28. The maximum atomic E-state index is 5.72.